The number of nitrogens with zero attached hydrogens (tertiary/aromatic N) is 3. The molecule has 2 rings (SSSR count). The van der Waals surface area contributed by atoms with E-state index in [1.807, 2.05) is 20.8 Å². The minimum absolute atomic E-state index is 0.0567. The number of amides is 2. The summed E-state index contributed by atoms with van der Waals surface area (Å²) in [5, 5.41) is 3.05. The largest absolute Gasteiger partial charge is 0.353 e. The topological polar surface area (TPSA) is 75.2 Å². The molecule has 1 N–H and O–H groups in total. The van der Waals surface area contributed by atoms with Crippen molar-refractivity contribution < 1.29 is 9.59 Å². The molecule has 0 atom stereocenters. The van der Waals surface area contributed by atoms with Crippen molar-refractivity contribution in [3.63, 3.8) is 0 Å². The monoisotopic (exact) mass is 290 g/mol. The Bertz CT molecular complexity index is 502. The van der Waals surface area contributed by atoms with Crippen molar-refractivity contribution in [1.82, 2.24) is 20.2 Å². The summed E-state index contributed by atoms with van der Waals surface area (Å²) in [4.78, 5) is 33.9. The second-order valence-corrected chi connectivity index (χ2v) is 6.38. The van der Waals surface area contributed by atoms with Gasteiger partial charge < -0.3 is 10.2 Å². The van der Waals surface area contributed by atoms with Crippen LogP contribution in [0.5, 0.6) is 0 Å². The van der Waals surface area contributed by atoms with Crippen molar-refractivity contribution in [3.05, 3.63) is 24.3 Å². The lowest BCUT2D eigenvalue weighted by molar-refractivity contribution is -0.129. The van der Waals surface area contributed by atoms with Crippen LogP contribution in [0.2, 0.25) is 0 Å². The number of hydrogen-bond acceptors (Lipinski definition) is 4. The smallest absolute Gasteiger partial charge is 0.274 e. The van der Waals surface area contributed by atoms with Gasteiger partial charge in [-0.3, -0.25) is 14.6 Å². The van der Waals surface area contributed by atoms with Gasteiger partial charge >= 0.3 is 0 Å². The molecule has 1 aliphatic heterocycles. The van der Waals surface area contributed by atoms with Crippen LogP contribution in [-0.4, -0.2) is 45.8 Å². The first-order valence-electron chi connectivity index (χ1n) is 7.24. The first kappa shape index (κ1) is 15.4. The van der Waals surface area contributed by atoms with E-state index in [1.165, 1.54) is 12.4 Å². The predicted molar refractivity (Wildman–Crippen MR) is 78.6 cm³/mol. The number of carbonyl (C=O) groups excluding carboxylic acids is 2. The maximum Gasteiger partial charge on any atom is 0.274 e. The van der Waals surface area contributed by atoms with Gasteiger partial charge in [-0.05, 0) is 12.8 Å². The molecule has 21 heavy (non-hydrogen) atoms. The molecule has 1 aromatic rings. The van der Waals surface area contributed by atoms with Crippen LogP contribution in [-0.2, 0) is 4.79 Å². The molecule has 0 spiro atoms. The van der Waals surface area contributed by atoms with Gasteiger partial charge in [-0.1, -0.05) is 20.8 Å². The zero-order chi connectivity index (χ0) is 15.5. The molecule has 6 heteroatoms. The maximum absolute atomic E-state index is 12.2. The van der Waals surface area contributed by atoms with E-state index in [0.717, 1.165) is 12.8 Å². The van der Waals surface area contributed by atoms with Gasteiger partial charge in [-0.25, -0.2) is 4.98 Å². The molecule has 0 saturated carbocycles. The number of piperidine rings is 1. The molecule has 1 saturated heterocycles. The fraction of sp³-hybridized carbons (Fsp3) is 0.600. The Morgan fingerprint density at radius 2 is 1.90 bits per heavy atom. The van der Waals surface area contributed by atoms with Crippen LogP contribution in [0.1, 0.15) is 44.1 Å². The van der Waals surface area contributed by atoms with Crippen LogP contribution in [0.4, 0.5) is 0 Å². The molecule has 0 bridgehead atoms. The summed E-state index contributed by atoms with van der Waals surface area (Å²) in [6.45, 7) is 6.95. The zero-order valence-electron chi connectivity index (χ0n) is 12.8. The molecule has 0 aromatic carbocycles. The van der Waals surface area contributed by atoms with E-state index in [9.17, 15) is 9.59 Å². The lowest BCUT2D eigenvalue weighted by atomic mass is 9.94. The molecule has 0 unspecified atom stereocenters. The fourth-order valence-electron chi connectivity index (χ4n) is 2.20. The number of hydrogen-bond donors (Lipinski definition) is 1. The third kappa shape index (κ3) is 4.00. The van der Waals surface area contributed by atoms with Gasteiger partial charge in [0.2, 0.25) is 5.91 Å². The average Bonchev–Trinajstić information content (AvgIpc) is 2.47. The Balaban J connectivity index is 1.86. The second kappa shape index (κ2) is 6.20. The zero-order valence-corrected chi connectivity index (χ0v) is 12.8. The average molecular weight is 290 g/mol. The molecule has 6 nitrogen and oxygen atoms in total. The Hall–Kier alpha value is -1.98. The molecule has 1 aliphatic rings. The van der Waals surface area contributed by atoms with Crippen LogP contribution < -0.4 is 5.32 Å². The quantitative estimate of drug-likeness (QED) is 0.889. The summed E-state index contributed by atoms with van der Waals surface area (Å²) in [7, 11) is 0. The highest BCUT2D eigenvalue weighted by Gasteiger charge is 2.28. The number of likely N-dealkylation sites (tertiary alicyclic amines) is 1. The standard InChI is InChI=1S/C15H22N4O2/c1-15(2,3)14(21)18-11-4-8-19(9-5-11)13(20)12-10-16-6-7-17-12/h6-7,10-11H,4-5,8-9H2,1-3H3,(H,18,21). The molecular formula is C15H22N4O2. The molecular weight excluding hydrogens is 268 g/mol. The van der Waals surface area contributed by atoms with Gasteiger partial charge in [-0.15, -0.1) is 0 Å². The van der Waals surface area contributed by atoms with Crippen LogP contribution in [0.25, 0.3) is 0 Å². The van der Waals surface area contributed by atoms with Gasteiger partial charge in [-0.2, -0.15) is 0 Å². The van der Waals surface area contributed by atoms with Gasteiger partial charge in [0.15, 0.2) is 0 Å². The van der Waals surface area contributed by atoms with Crippen molar-refractivity contribution in [2.45, 2.75) is 39.7 Å². The minimum atomic E-state index is -0.382. The van der Waals surface area contributed by atoms with Crippen LogP contribution in [0.3, 0.4) is 0 Å². The summed E-state index contributed by atoms with van der Waals surface area (Å²) in [5.41, 5.74) is -0.0123. The SMILES string of the molecule is CC(C)(C)C(=O)NC1CCN(C(=O)c2cnccn2)CC1. The number of carbonyl (C=O) groups is 2. The molecule has 0 aliphatic carbocycles. The Morgan fingerprint density at radius 3 is 2.43 bits per heavy atom. The van der Waals surface area contributed by atoms with E-state index in [1.54, 1.807) is 11.1 Å². The summed E-state index contributed by atoms with van der Waals surface area (Å²) < 4.78 is 0. The Labute approximate surface area is 125 Å². The lowest BCUT2D eigenvalue weighted by Crippen LogP contribution is -2.49. The van der Waals surface area contributed by atoms with Crippen molar-refractivity contribution in [2.24, 2.45) is 5.41 Å². The summed E-state index contributed by atoms with van der Waals surface area (Å²) >= 11 is 0. The second-order valence-electron chi connectivity index (χ2n) is 6.38. The normalized spacial score (nSPS) is 16.6. The molecule has 0 radical (unpaired) electrons. The van der Waals surface area contributed by atoms with Gasteiger partial charge in [0.25, 0.3) is 5.91 Å². The van der Waals surface area contributed by atoms with Crippen molar-refractivity contribution in [3.8, 4) is 0 Å². The van der Waals surface area contributed by atoms with Crippen molar-refractivity contribution in [2.75, 3.05) is 13.1 Å². The van der Waals surface area contributed by atoms with E-state index in [0.29, 0.717) is 18.8 Å². The third-order valence-electron chi connectivity index (χ3n) is 3.58. The van der Waals surface area contributed by atoms with Crippen LogP contribution in [0.15, 0.2) is 18.6 Å². The van der Waals surface area contributed by atoms with E-state index in [4.69, 9.17) is 0 Å². The number of rotatable bonds is 2. The van der Waals surface area contributed by atoms with Gasteiger partial charge in [0.1, 0.15) is 5.69 Å². The lowest BCUT2D eigenvalue weighted by Gasteiger charge is -2.33. The third-order valence-corrected chi connectivity index (χ3v) is 3.58. The number of nitrogens with one attached hydrogen (secondary N) is 1. The van der Waals surface area contributed by atoms with Gasteiger partial charge in [0, 0.05) is 36.9 Å². The van der Waals surface area contributed by atoms with E-state index in [2.05, 4.69) is 15.3 Å². The van der Waals surface area contributed by atoms with E-state index in [-0.39, 0.29) is 23.3 Å². The number of aromatic nitrogens is 2. The van der Waals surface area contributed by atoms with Crippen molar-refractivity contribution in [1.29, 1.82) is 0 Å². The summed E-state index contributed by atoms with van der Waals surface area (Å²) in [5.74, 6) is -0.0371. The molecule has 2 heterocycles. The van der Waals surface area contributed by atoms with Gasteiger partial charge in [0.05, 0.1) is 6.20 Å². The van der Waals surface area contributed by atoms with Crippen molar-refractivity contribution >= 4 is 11.8 Å². The minimum Gasteiger partial charge on any atom is -0.353 e. The van der Waals surface area contributed by atoms with E-state index < -0.39 is 0 Å². The Kier molecular flexibility index (Phi) is 4.55. The molecule has 1 aromatic heterocycles. The molecule has 1 fully saturated rings. The first-order chi connectivity index (χ1) is 9.88. The van der Waals surface area contributed by atoms with E-state index >= 15 is 0 Å². The predicted octanol–water partition coefficient (Wildman–Crippen LogP) is 1.24. The molecule has 114 valence electrons. The Morgan fingerprint density at radius 1 is 1.24 bits per heavy atom. The summed E-state index contributed by atoms with van der Waals surface area (Å²) in [6.07, 6.45) is 6.09. The molecule has 2 amide bonds. The fourth-order valence-corrected chi connectivity index (χ4v) is 2.20. The summed E-state index contributed by atoms with van der Waals surface area (Å²) in [6, 6.07) is 0.141. The van der Waals surface area contributed by atoms with Crippen LogP contribution in [0, 0.1) is 5.41 Å². The maximum atomic E-state index is 12.2. The van der Waals surface area contributed by atoms with Crippen LogP contribution >= 0.6 is 0 Å². The highest BCUT2D eigenvalue weighted by atomic mass is 16.2. The highest BCUT2D eigenvalue weighted by molar-refractivity contribution is 5.92. The highest BCUT2D eigenvalue weighted by Crippen LogP contribution is 2.17. The first-order valence-corrected chi connectivity index (χ1v) is 7.24.